The molecule has 38 heavy (non-hydrogen) atoms. The summed E-state index contributed by atoms with van der Waals surface area (Å²) in [5.74, 6) is -1.14. The van der Waals surface area contributed by atoms with Crippen LogP contribution in [0, 0.1) is 10.1 Å². The monoisotopic (exact) mass is 521 g/mol. The number of carboxylic acids is 1. The summed E-state index contributed by atoms with van der Waals surface area (Å²) in [6, 6.07) is 12.5. The molecule has 198 valence electrons. The topological polar surface area (TPSA) is 157 Å². The second-order valence-corrected chi connectivity index (χ2v) is 8.89. The van der Waals surface area contributed by atoms with Gasteiger partial charge in [0.25, 0.3) is 5.69 Å². The average Bonchev–Trinajstić information content (AvgIpc) is 3.29. The molecule has 1 atom stereocenters. The van der Waals surface area contributed by atoms with Gasteiger partial charge < -0.3 is 24.6 Å². The Morgan fingerprint density at radius 1 is 1.18 bits per heavy atom. The molecule has 2 amide bonds. The number of nitro groups is 1. The maximum Gasteiger partial charge on any atom is 0.305 e. The Hall–Kier alpha value is -4.74. The first-order valence-electron chi connectivity index (χ1n) is 11.9. The zero-order valence-corrected chi connectivity index (χ0v) is 20.7. The van der Waals surface area contributed by atoms with Gasteiger partial charge in [0.1, 0.15) is 11.8 Å². The van der Waals surface area contributed by atoms with E-state index in [-0.39, 0.29) is 43.9 Å². The van der Waals surface area contributed by atoms with Crippen LogP contribution >= 0.6 is 0 Å². The fraction of sp³-hybridized carbons (Fsp3) is 0.308. The van der Waals surface area contributed by atoms with E-state index >= 15 is 0 Å². The van der Waals surface area contributed by atoms with Crippen LogP contribution in [-0.2, 0) is 40.3 Å². The number of nitrogens with one attached hydrogen (secondary N) is 1. The quantitative estimate of drug-likeness (QED) is 0.303. The van der Waals surface area contributed by atoms with Crippen LogP contribution in [0.5, 0.6) is 5.75 Å². The molecule has 0 aliphatic carbocycles. The van der Waals surface area contributed by atoms with Gasteiger partial charge in [0.15, 0.2) is 0 Å². The van der Waals surface area contributed by atoms with Crippen molar-refractivity contribution in [3.05, 3.63) is 87.5 Å². The Morgan fingerprint density at radius 2 is 1.95 bits per heavy atom. The van der Waals surface area contributed by atoms with Crippen LogP contribution in [0.1, 0.15) is 28.9 Å². The minimum atomic E-state index is -1.04. The number of carbonyl (C=O) groups excluding carboxylic acids is 2. The molecule has 2 heterocycles. The summed E-state index contributed by atoms with van der Waals surface area (Å²) in [6.07, 6.45) is 1.61. The summed E-state index contributed by atoms with van der Waals surface area (Å²) in [6.45, 7) is 0.458. The molecule has 0 radical (unpaired) electrons. The van der Waals surface area contributed by atoms with Crippen molar-refractivity contribution < 1.29 is 29.2 Å². The molecule has 2 N–H and O–H groups in total. The third-order valence-electron chi connectivity index (χ3n) is 6.37. The van der Waals surface area contributed by atoms with Crippen LogP contribution in [-0.4, -0.2) is 62.0 Å². The van der Waals surface area contributed by atoms with Gasteiger partial charge in [0.05, 0.1) is 49.1 Å². The average molecular weight is 522 g/mol. The van der Waals surface area contributed by atoms with Gasteiger partial charge in [-0.3, -0.25) is 24.5 Å². The molecule has 0 saturated carbocycles. The second-order valence-electron chi connectivity index (χ2n) is 8.89. The molecular formula is C26H27N5O7. The molecule has 2 aromatic carbocycles. The SMILES string of the molecule is COc1cccc(CC(=O)N2Cc3c(ncn3Cc3ccc([N+](=O)[O-])cc3)CC2C(=O)NCCC(=O)O)c1. The van der Waals surface area contributed by atoms with Crippen molar-refractivity contribution in [1.29, 1.82) is 0 Å². The van der Waals surface area contributed by atoms with Gasteiger partial charge in [-0.25, -0.2) is 4.98 Å². The first-order chi connectivity index (χ1) is 18.2. The molecule has 0 fully saturated rings. The van der Waals surface area contributed by atoms with Crippen LogP contribution in [0.2, 0.25) is 0 Å². The number of carboxylic acid groups (broad SMARTS) is 1. The van der Waals surface area contributed by atoms with Crippen LogP contribution < -0.4 is 10.1 Å². The number of methoxy groups -OCH3 is 1. The molecule has 1 aromatic heterocycles. The number of hydrogen-bond acceptors (Lipinski definition) is 7. The largest absolute Gasteiger partial charge is 0.497 e. The highest BCUT2D eigenvalue weighted by Gasteiger charge is 2.36. The van der Waals surface area contributed by atoms with Crippen molar-refractivity contribution in [2.24, 2.45) is 0 Å². The van der Waals surface area contributed by atoms with E-state index in [1.165, 1.54) is 24.1 Å². The Kier molecular flexibility index (Phi) is 8.00. The number of rotatable bonds is 10. The van der Waals surface area contributed by atoms with E-state index in [9.17, 15) is 24.5 Å². The minimum Gasteiger partial charge on any atom is -0.497 e. The third kappa shape index (κ3) is 6.14. The van der Waals surface area contributed by atoms with Crippen molar-refractivity contribution in [2.45, 2.75) is 38.4 Å². The maximum atomic E-state index is 13.5. The van der Waals surface area contributed by atoms with Crippen molar-refractivity contribution >= 4 is 23.5 Å². The van der Waals surface area contributed by atoms with Crippen molar-refractivity contribution in [1.82, 2.24) is 19.8 Å². The van der Waals surface area contributed by atoms with Crippen molar-refractivity contribution in [2.75, 3.05) is 13.7 Å². The predicted molar refractivity (Wildman–Crippen MR) is 134 cm³/mol. The summed E-state index contributed by atoms with van der Waals surface area (Å²) in [5, 5.41) is 22.5. The van der Waals surface area contributed by atoms with E-state index < -0.39 is 22.8 Å². The highest BCUT2D eigenvalue weighted by atomic mass is 16.6. The predicted octanol–water partition coefficient (Wildman–Crippen LogP) is 1.94. The number of hydrogen-bond donors (Lipinski definition) is 2. The lowest BCUT2D eigenvalue weighted by Gasteiger charge is -2.35. The zero-order chi connectivity index (χ0) is 27.2. The molecule has 0 spiro atoms. The Bertz CT molecular complexity index is 1350. The molecule has 3 aromatic rings. The number of aromatic nitrogens is 2. The smallest absolute Gasteiger partial charge is 0.305 e. The van der Waals surface area contributed by atoms with Gasteiger partial charge in [-0.05, 0) is 23.3 Å². The molecule has 4 rings (SSSR count). The summed E-state index contributed by atoms with van der Waals surface area (Å²) in [5.41, 5.74) is 2.96. The van der Waals surface area contributed by atoms with Gasteiger partial charge in [0, 0.05) is 31.6 Å². The molecule has 1 aliphatic rings. The number of amides is 2. The fourth-order valence-corrected chi connectivity index (χ4v) is 4.39. The molecule has 1 aliphatic heterocycles. The summed E-state index contributed by atoms with van der Waals surface area (Å²) in [4.78, 5) is 53.9. The van der Waals surface area contributed by atoms with E-state index in [0.717, 1.165) is 16.8 Å². The molecule has 12 heteroatoms. The first kappa shape index (κ1) is 26.3. The van der Waals surface area contributed by atoms with E-state index in [1.807, 2.05) is 4.57 Å². The van der Waals surface area contributed by atoms with Gasteiger partial charge in [-0.2, -0.15) is 0 Å². The van der Waals surface area contributed by atoms with Gasteiger partial charge in [-0.1, -0.05) is 24.3 Å². The number of nitro benzene ring substituents is 1. The normalized spacial score (nSPS) is 14.4. The lowest BCUT2D eigenvalue weighted by molar-refractivity contribution is -0.384. The van der Waals surface area contributed by atoms with E-state index in [1.54, 1.807) is 42.7 Å². The first-order valence-corrected chi connectivity index (χ1v) is 11.9. The minimum absolute atomic E-state index is 0.00697. The number of imidazole rings is 1. The van der Waals surface area contributed by atoms with Crippen LogP contribution in [0.4, 0.5) is 5.69 Å². The van der Waals surface area contributed by atoms with Gasteiger partial charge in [0.2, 0.25) is 11.8 Å². The third-order valence-corrected chi connectivity index (χ3v) is 6.37. The lowest BCUT2D eigenvalue weighted by Crippen LogP contribution is -2.53. The maximum absolute atomic E-state index is 13.5. The molecule has 12 nitrogen and oxygen atoms in total. The second kappa shape index (κ2) is 11.5. The Morgan fingerprint density at radius 3 is 2.63 bits per heavy atom. The highest BCUT2D eigenvalue weighted by molar-refractivity contribution is 5.89. The number of fused-ring (bicyclic) bond motifs is 1. The Labute approximate surface area is 218 Å². The van der Waals surface area contributed by atoms with Crippen LogP contribution in [0.15, 0.2) is 54.9 Å². The van der Waals surface area contributed by atoms with Crippen LogP contribution in [0.25, 0.3) is 0 Å². The summed E-state index contributed by atoms with van der Waals surface area (Å²) in [7, 11) is 1.54. The standard InChI is InChI=1S/C26H27N5O7/c1-38-20-4-2-3-18(11-20)12-24(32)30-15-23-21(13-22(30)26(35)27-10-9-25(33)34)28-16-29(23)14-17-5-7-19(8-6-17)31(36)37/h2-8,11,16,22H,9-10,12-15H2,1H3,(H,27,35)(H,33,34). The van der Waals surface area contributed by atoms with Crippen LogP contribution in [0.3, 0.4) is 0 Å². The number of ether oxygens (including phenoxy) is 1. The molecule has 1 unspecified atom stereocenters. The number of nitrogens with zero attached hydrogens (tertiary/aromatic N) is 4. The summed E-state index contributed by atoms with van der Waals surface area (Å²) >= 11 is 0. The summed E-state index contributed by atoms with van der Waals surface area (Å²) < 4.78 is 7.11. The number of aliphatic carboxylic acids is 1. The van der Waals surface area contributed by atoms with Gasteiger partial charge >= 0.3 is 5.97 Å². The molecular weight excluding hydrogens is 494 g/mol. The zero-order valence-electron chi connectivity index (χ0n) is 20.7. The highest BCUT2D eigenvalue weighted by Crippen LogP contribution is 2.25. The van der Waals surface area contributed by atoms with E-state index in [2.05, 4.69) is 10.3 Å². The molecule has 0 saturated heterocycles. The van der Waals surface area contributed by atoms with Crippen molar-refractivity contribution in [3.8, 4) is 5.75 Å². The fourth-order valence-electron chi connectivity index (χ4n) is 4.39. The van der Waals surface area contributed by atoms with E-state index in [0.29, 0.717) is 18.0 Å². The lowest BCUT2D eigenvalue weighted by atomic mass is 9.99. The molecule has 0 bridgehead atoms. The number of carbonyl (C=O) groups is 3. The Balaban J connectivity index is 1.57. The number of benzene rings is 2. The van der Waals surface area contributed by atoms with Crippen molar-refractivity contribution in [3.63, 3.8) is 0 Å². The number of non-ortho nitro benzene ring substituents is 1. The van der Waals surface area contributed by atoms with E-state index in [4.69, 9.17) is 9.84 Å². The van der Waals surface area contributed by atoms with Gasteiger partial charge in [-0.15, -0.1) is 0 Å².